The number of nitrogens with zero attached hydrogens (tertiary/aromatic N) is 2. The summed E-state index contributed by atoms with van der Waals surface area (Å²) in [4.78, 5) is 29.4. The van der Waals surface area contributed by atoms with E-state index in [4.69, 9.17) is 0 Å². The van der Waals surface area contributed by atoms with E-state index in [2.05, 4.69) is 20.4 Å². The van der Waals surface area contributed by atoms with Crippen LogP contribution >= 0.6 is 0 Å². The summed E-state index contributed by atoms with van der Waals surface area (Å²) in [5.41, 5.74) is 1.26. The monoisotopic (exact) mass is 330 g/mol. The number of carbonyl (C=O) groups is 2. The van der Waals surface area contributed by atoms with Crippen LogP contribution in [0.15, 0.2) is 24.3 Å². The highest BCUT2D eigenvalue weighted by molar-refractivity contribution is 5.98. The maximum absolute atomic E-state index is 12.7. The smallest absolute Gasteiger partial charge is 0.251 e. The standard InChI is InChI=1S/C18H26N4O2/c1-2-7-19-17(23)14-5-3-6-15(12-14)20-18(24)16-13-21-8-4-9-22(16)11-10-21/h3,5-6,12,16H,2,4,7-11,13H2,1H3,(H,19,23)(H,20,24). The van der Waals surface area contributed by atoms with E-state index in [1.165, 1.54) is 0 Å². The van der Waals surface area contributed by atoms with Gasteiger partial charge in [-0.15, -0.1) is 0 Å². The molecule has 3 saturated heterocycles. The third-order valence-corrected chi connectivity index (χ3v) is 4.73. The fourth-order valence-corrected chi connectivity index (χ4v) is 3.40. The van der Waals surface area contributed by atoms with Gasteiger partial charge >= 0.3 is 0 Å². The highest BCUT2D eigenvalue weighted by Crippen LogP contribution is 2.18. The minimum absolute atomic E-state index is 0.0210. The predicted octanol–water partition coefficient (Wildman–Crippen LogP) is 1.15. The molecule has 4 rings (SSSR count). The first-order chi connectivity index (χ1) is 11.7. The highest BCUT2D eigenvalue weighted by Gasteiger charge is 2.34. The van der Waals surface area contributed by atoms with Crippen LogP contribution in [-0.2, 0) is 4.79 Å². The molecular weight excluding hydrogens is 304 g/mol. The molecule has 6 heteroatoms. The van der Waals surface area contributed by atoms with Crippen molar-refractivity contribution in [3.63, 3.8) is 0 Å². The van der Waals surface area contributed by atoms with Crippen LogP contribution in [-0.4, -0.2) is 66.9 Å². The van der Waals surface area contributed by atoms with E-state index in [1.807, 2.05) is 13.0 Å². The summed E-state index contributed by atoms with van der Waals surface area (Å²) in [5, 5.41) is 5.84. The average molecular weight is 330 g/mol. The van der Waals surface area contributed by atoms with Crippen LogP contribution in [0.25, 0.3) is 0 Å². The fraction of sp³-hybridized carbons (Fsp3) is 0.556. The molecule has 130 valence electrons. The Kier molecular flexibility index (Phi) is 5.48. The van der Waals surface area contributed by atoms with Gasteiger partial charge in [0.2, 0.25) is 5.91 Å². The number of fused-ring (bicyclic) bond motifs is 4. The van der Waals surface area contributed by atoms with Crippen molar-refractivity contribution in [3.05, 3.63) is 29.8 Å². The van der Waals surface area contributed by atoms with Gasteiger partial charge in [0.05, 0.1) is 0 Å². The maximum Gasteiger partial charge on any atom is 0.251 e. The minimum Gasteiger partial charge on any atom is -0.352 e. The van der Waals surface area contributed by atoms with Crippen molar-refractivity contribution in [1.82, 2.24) is 15.1 Å². The van der Waals surface area contributed by atoms with Crippen molar-refractivity contribution >= 4 is 17.5 Å². The van der Waals surface area contributed by atoms with E-state index < -0.39 is 0 Å². The number of nitrogens with one attached hydrogen (secondary N) is 2. The molecule has 0 radical (unpaired) electrons. The first-order valence-electron chi connectivity index (χ1n) is 8.83. The van der Waals surface area contributed by atoms with Crippen LogP contribution in [0.2, 0.25) is 0 Å². The van der Waals surface area contributed by atoms with E-state index in [9.17, 15) is 9.59 Å². The topological polar surface area (TPSA) is 64.7 Å². The molecule has 1 aromatic carbocycles. The van der Waals surface area contributed by atoms with Gasteiger partial charge in [0.25, 0.3) is 5.91 Å². The molecule has 0 spiro atoms. The molecule has 6 nitrogen and oxygen atoms in total. The Hall–Kier alpha value is -1.92. The van der Waals surface area contributed by atoms with Crippen molar-refractivity contribution in [1.29, 1.82) is 0 Å². The first-order valence-corrected chi connectivity index (χ1v) is 8.83. The van der Waals surface area contributed by atoms with E-state index in [1.54, 1.807) is 18.2 Å². The molecule has 2 bridgehead atoms. The van der Waals surface area contributed by atoms with E-state index in [0.29, 0.717) is 17.8 Å². The second kappa shape index (κ2) is 7.77. The number of hydrogen-bond donors (Lipinski definition) is 2. The molecule has 3 aliphatic rings. The van der Waals surface area contributed by atoms with Crippen molar-refractivity contribution in [2.75, 3.05) is 44.6 Å². The molecular formula is C18H26N4O2. The molecule has 2 amide bonds. The maximum atomic E-state index is 12.7. The lowest BCUT2D eigenvalue weighted by atomic mass is 10.1. The summed E-state index contributed by atoms with van der Waals surface area (Å²) >= 11 is 0. The molecule has 0 saturated carbocycles. The molecule has 3 unspecified atom stereocenters. The third-order valence-electron chi connectivity index (χ3n) is 4.73. The van der Waals surface area contributed by atoms with Gasteiger partial charge in [-0.2, -0.15) is 0 Å². The molecule has 0 aromatic heterocycles. The number of piperazine rings is 1. The second-order valence-electron chi connectivity index (χ2n) is 6.53. The lowest BCUT2D eigenvalue weighted by molar-refractivity contribution is -0.122. The van der Waals surface area contributed by atoms with Crippen LogP contribution in [0, 0.1) is 0 Å². The SMILES string of the molecule is CCCNC(=O)c1cccc(NC(=O)C2CN3CCCN2CC3)c1. The normalized spacial score (nSPS) is 25.8. The molecule has 3 fully saturated rings. The summed E-state index contributed by atoms with van der Waals surface area (Å²) < 4.78 is 0. The lowest BCUT2D eigenvalue weighted by Gasteiger charge is -2.36. The summed E-state index contributed by atoms with van der Waals surface area (Å²) in [6, 6.07) is 7.05. The van der Waals surface area contributed by atoms with Gasteiger partial charge in [0.1, 0.15) is 6.04 Å². The number of amides is 2. The Morgan fingerprint density at radius 1 is 1.21 bits per heavy atom. The Morgan fingerprint density at radius 2 is 2.08 bits per heavy atom. The highest BCUT2D eigenvalue weighted by atomic mass is 16.2. The summed E-state index contributed by atoms with van der Waals surface area (Å²) in [6.45, 7) is 7.53. The zero-order valence-electron chi connectivity index (χ0n) is 14.3. The zero-order chi connectivity index (χ0) is 16.9. The Labute approximate surface area is 143 Å². The summed E-state index contributed by atoms with van der Waals surface area (Å²) in [7, 11) is 0. The van der Waals surface area contributed by atoms with Crippen molar-refractivity contribution in [3.8, 4) is 0 Å². The molecule has 3 atom stereocenters. The third kappa shape index (κ3) is 3.94. The van der Waals surface area contributed by atoms with Crippen molar-refractivity contribution in [2.45, 2.75) is 25.8 Å². The number of rotatable bonds is 5. The largest absolute Gasteiger partial charge is 0.352 e. The summed E-state index contributed by atoms with van der Waals surface area (Å²) in [5.74, 6) is -0.0796. The molecule has 24 heavy (non-hydrogen) atoms. The first kappa shape index (κ1) is 16.9. The lowest BCUT2D eigenvalue weighted by Crippen LogP contribution is -2.55. The Bertz CT molecular complexity index is 600. The van der Waals surface area contributed by atoms with Gasteiger partial charge in [0.15, 0.2) is 0 Å². The molecule has 3 aliphatic heterocycles. The molecule has 0 aliphatic carbocycles. The Morgan fingerprint density at radius 3 is 2.92 bits per heavy atom. The Balaban J connectivity index is 1.65. The van der Waals surface area contributed by atoms with E-state index in [0.717, 1.165) is 45.6 Å². The fourth-order valence-electron chi connectivity index (χ4n) is 3.40. The quantitative estimate of drug-likeness (QED) is 0.850. The van der Waals surface area contributed by atoms with Gasteiger partial charge in [-0.05, 0) is 37.6 Å². The average Bonchev–Trinajstić information content (AvgIpc) is 2.95. The van der Waals surface area contributed by atoms with Crippen LogP contribution < -0.4 is 10.6 Å². The van der Waals surface area contributed by atoms with E-state index >= 15 is 0 Å². The van der Waals surface area contributed by atoms with Gasteiger partial charge in [-0.25, -0.2) is 0 Å². The predicted molar refractivity (Wildman–Crippen MR) is 94.1 cm³/mol. The summed E-state index contributed by atoms with van der Waals surface area (Å²) in [6.07, 6.45) is 2.02. The molecule has 2 N–H and O–H groups in total. The number of carbonyl (C=O) groups excluding carboxylic acids is 2. The number of hydrogen-bond acceptors (Lipinski definition) is 4. The van der Waals surface area contributed by atoms with Crippen molar-refractivity contribution in [2.24, 2.45) is 0 Å². The minimum atomic E-state index is -0.101. The van der Waals surface area contributed by atoms with Crippen LogP contribution in [0.1, 0.15) is 30.1 Å². The molecule has 1 aromatic rings. The van der Waals surface area contributed by atoms with E-state index in [-0.39, 0.29) is 17.9 Å². The molecule has 3 heterocycles. The second-order valence-corrected chi connectivity index (χ2v) is 6.53. The van der Waals surface area contributed by atoms with Crippen LogP contribution in [0.4, 0.5) is 5.69 Å². The van der Waals surface area contributed by atoms with Crippen LogP contribution in [0.3, 0.4) is 0 Å². The zero-order valence-corrected chi connectivity index (χ0v) is 14.3. The van der Waals surface area contributed by atoms with Gasteiger partial charge in [0, 0.05) is 44.0 Å². The number of anilines is 1. The van der Waals surface area contributed by atoms with Crippen LogP contribution in [0.5, 0.6) is 0 Å². The number of benzene rings is 1. The van der Waals surface area contributed by atoms with Gasteiger partial charge in [-0.3, -0.25) is 19.4 Å². The van der Waals surface area contributed by atoms with Crippen molar-refractivity contribution < 1.29 is 9.59 Å². The van der Waals surface area contributed by atoms with Gasteiger partial charge in [-0.1, -0.05) is 13.0 Å². The van der Waals surface area contributed by atoms with Gasteiger partial charge < -0.3 is 10.6 Å².